The van der Waals surface area contributed by atoms with Gasteiger partial charge in [-0.2, -0.15) is 5.10 Å². The molecule has 0 unspecified atom stereocenters. The van der Waals surface area contributed by atoms with Crippen LogP contribution < -0.4 is 5.32 Å². The molecule has 0 aromatic carbocycles. The highest BCUT2D eigenvalue weighted by atomic mass is 16.5. The zero-order chi connectivity index (χ0) is 11.4. The van der Waals surface area contributed by atoms with Gasteiger partial charge >= 0.3 is 0 Å². The second-order valence-corrected chi connectivity index (χ2v) is 4.69. The fourth-order valence-corrected chi connectivity index (χ4v) is 1.93. The summed E-state index contributed by atoms with van der Waals surface area (Å²) in [6.07, 6.45) is 6.85. The fraction of sp³-hybridized carbons (Fsp3) is 0.750. The summed E-state index contributed by atoms with van der Waals surface area (Å²) in [6, 6.07) is 0.437. The van der Waals surface area contributed by atoms with E-state index in [0.29, 0.717) is 12.1 Å². The van der Waals surface area contributed by atoms with Gasteiger partial charge < -0.3 is 10.1 Å². The SMILES string of the molecule is CC(C)n1cc(CNC[C@H]2CCCO2)cn1. The highest BCUT2D eigenvalue weighted by Crippen LogP contribution is 2.11. The van der Waals surface area contributed by atoms with Crippen LogP contribution in [0.15, 0.2) is 12.4 Å². The number of nitrogens with zero attached hydrogens (tertiary/aromatic N) is 2. The second kappa shape index (κ2) is 5.46. The Morgan fingerprint density at radius 2 is 2.50 bits per heavy atom. The minimum absolute atomic E-state index is 0.417. The van der Waals surface area contributed by atoms with Crippen molar-refractivity contribution < 1.29 is 4.74 Å². The van der Waals surface area contributed by atoms with Gasteiger partial charge in [0.15, 0.2) is 0 Å². The molecule has 2 heterocycles. The number of hydrogen-bond acceptors (Lipinski definition) is 3. The molecule has 1 fully saturated rings. The lowest BCUT2D eigenvalue weighted by Crippen LogP contribution is -2.25. The van der Waals surface area contributed by atoms with Crippen LogP contribution in [-0.4, -0.2) is 29.0 Å². The first-order valence-corrected chi connectivity index (χ1v) is 6.11. The number of nitrogens with one attached hydrogen (secondary N) is 1. The van der Waals surface area contributed by atoms with E-state index in [2.05, 4.69) is 30.5 Å². The summed E-state index contributed by atoms with van der Waals surface area (Å²) >= 11 is 0. The summed E-state index contributed by atoms with van der Waals surface area (Å²) in [6.45, 7) is 7.03. The third kappa shape index (κ3) is 3.06. The predicted octanol–water partition coefficient (Wildman–Crippen LogP) is 1.73. The van der Waals surface area contributed by atoms with Crippen LogP contribution in [0.2, 0.25) is 0 Å². The smallest absolute Gasteiger partial charge is 0.0700 e. The van der Waals surface area contributed by atoms with Gasteiger partial charge in [0.1, 0.15) is 0 Å². The molecule has 0 spiro atoms. The van der Waals surface area contributed by atoms with Gasteiger partial charge in [0.2, 0.25) is 0 Å². The number of hydrogen-bond donors (Lipinski definition) is 1. The van der Waals surface area contributed by atoms with E-state index in [0.717, 1.165) is 19.7 Å². The van der Waals surface area contributed by atoms with E-state index in [9.17, 15) is 0 Å². The Balaban J connectivity index is 1.72. The van der Waals surface area contributed by atoms with Gasteiger partial charge in [-0.1, -0.05) is 0 Å². The van der Waals surface area contributed by atoms with Gasteiger partial charge in [-0.3, -0.25) is 4.68 Å². The summed E-state index contributed by atoms with van der Waals surface area (Å²) in [7, 11) is 0. The molecule has 90 valence electrons. The van der Waals surface area contributed by atoms with Crippen molar-refractivity contribution in [3.63, 3.8) is 0 Å². The molecule has 2 rings (SSSR count). The third-order valence-electron chi connectivity index (χ3n) is 2.91. The summed E-state index contributed by atoms with van der Waals surface area (Å²) in [4.78, 5) is 0. The van der Waals surface area contributed by atoms with Crippen LogP contribution in [0.1, 0.15) is 38.3 Å². The predicted molar refractivity (Wildman–Crippen MR) is 63.3 cm³/mol. The minimum atomic E-state index is 0.417. The molecule has 0 bridgehead atoms. The third-order valence-corrected chi connectivity index (χ3v) is 2.91. The van der Waals surface area contributed by atoms with Crippen LogP contribution in [0.3, 0.4) is 0 Å². The summed E-state index contributed by atoms with van der Waals surface area (Å²) in [5, 5.41) is 7.73. The second-order valence-electron chi connectivity index (χ2n) is 4.69. The minimum Gasteiger partial charge on any atom is -0.377 e. The fourth-order valence-electron chi connectivity index (χ4n) is 1.93. The first kappa shape index (κ1) is 11.6. The Bertz CT molecular complexity index is 316. The Kier molecular flexibility index (Phi) is 3.96. The normalized spacial score (nSPS) is 20.8. The molecule has 0 amide bonds. The van der Waals surface area contributed by atoms with E-state index in [-0.39, 0.29) is 0 Å². The van der Waals surface area contributed by atoms with Crippen LogP contribution in [0, 0.1) is 0 Å². The van der Waals surface area contributed by atoms with E-state index in [4.69, 9.17) is 4.74 Å². The molecule has 1 N–H and O–H groups in total. The molecule has 4 nitrogen and oxygen atoms in total. The topological polar surface area (TPSA) is 39.1 Å². The lowest BCUT2D eigenvalue weighted by atomic mass is 10.2. The highest BCUT2D eigenvalue weighted by molar-refractivity contribution is 5.03. The van der Waals surface area contributed by atoms with Crippen molar-refractivity contribution in [3.05, 3.63) is 18.0 Å². The maximum atomic E-state index is 5.55. The van der Waals surface area contributed by atoms with E-state index in [1.165, 1.54) is 18.4 Å². The first-order valence-electron chi connectivity index (χ1n) is 6.11. The standard InChI is InChI=1S/C12H21N3O/c1-10(2)15-9-11(7-14-15)6-13-8-12-4-3-5-16-12/h7,9-10,12-13H,3-6,8H2,1-2H3/t12-/m1/s1. The lowest BCUT2D eigenvalue weighted by Gasteiger charge is -2.09. The van der Waals surface area contributed by atoms with Crippen molar-refractivity contribution in [2.75, 3.05) is 13.2 Å². The van der Waals surface area contributed by atoms with E-state index >= 15 is 0 Å². The van der Waals surface area contributed by atoms with Crippen LogP contribution in [0.25, 0.3) is 0 Å². The molecule has 1 aromatic heterocycles. The van der Waals surface area contributed by atoms with Gasteiger partial charge in [-0.25, -0.2) is 0 Å². The number of aromatic nitrogens is 2. The Labute approximate surface area is 97.0 Å². The lowest BCUT2D eigenvalue weighted by molar-refractivity contribution is 0.110. The number of ether oxygens (including phenoxy) is 1. The van der Waals surface area contributed by atoms with Crippen molar-refractivity contribution in [1.29, 1.82) is 0 Å². The Morgan fingerprint density at radius 1 is 1.62 bits per heavy atom. The molecule has 0 radical (unpaired) electrons. The van der Waals surface area contributed by atoms with Crippen LogP contribution in [0.4, 0.5) is 0 Å². The number of rotatable bonds is 5. The maximum absolute atomic E-state index is 5.55. The van der Waals surface area contributed by atoms with Crippen LogP contribution in [-0.2, 0) is 11.3 Å². The van der Waals surface area contributed by atoms with Crippen LogP contribution >= 0.6 is 0 Å². The largest absolute Gasteiger partial charge is 0.377 e. The maximum Gasteiger partial charge on any atom is 0.0700 e. The van der Waals surface area contributed by atoms with Crippen molar-refractivity contribution in [2.45, 2.75) is 45.4 Å². The monoisotopic (exact) mass is 223 g/mol. The average molecular weight is 223 g/mol. The molecule has 0 saturated carbocycles. The summed E-state index contributed by atoms with van der Waals surface area (Å²) in [5.41, 5.74) is 1.24. The molecule has 0 aliphatic carbocycles. The van der Waals surface area contributed by atoms with Gasteiger partial charge in [-0.15, -0.1) is 0 Å². The Hall–Kier alpha value is -0.870. The van der Waals surface area contributed by atoms with Crippen molar-refractivity contribution in [2.24, 2.45) is 0 Å². The van der Waals surface area contributed by atoms with E-state index in [1.54, 1.807) is 0 Å². The molecule has 1 aromatic rings. The molecule has 1 aliphatic rings. The first-order chi connectivity index (χ1) is 7.75. The van der Waals surface area contributed by atoms with Gasteiger partial charge in [0, 0.05) is 37.5 Å². The van der Waals surface area contributed by atoms with Gasteiger partial charge in [0.05, 0.1) is 12.3 Å². The van der Waals surface area contributed by atoms with Gasteiger partial charge in [-0.05, 0) is 26.7 Å². The van der Waals surface area contributed by atoms with E-state index in [1.807, 2.05) is 10.9 Å². The molecule has 1 saturated heterocycles. The molecule has 1 atom stereocenters. The summed E-state index contributed by atoms with van der Waals surface area (Å²) in [5.74, 6) is 0. The van der Waals surface area contributed by atoms with Crippen molar-refractivity contribution >= 4 is 0 Å². The van der Waals surface area contributed by atoms with Crippen LogP contribution in [0.5, 0.6) is 0 Å². The van der Waals surface area contributed by atoms with E-state index < -0.39 is 0 Å². The molecule has 16 heavy (non-hydrogen) atoms. The zero-order valence-corrected chi connectivity index (χ0v) is 10.1. The van der Waals surface area contributed by atoms with Crippen molar-refractivity contribution in [3.8, 4) is 0 Å². The average Bonchev–Trinajstić information content (AvgIpc) is 2.87. The quantitative estimate of drug-likeness (QED) is 0.826. The zero-order valence-electron chi connectivity index (χ0n) is 10.1. The Morgan fingerprint density at radius 3 is 3.12 bits per heavy atom. The van der Waals surface area contributed by atoms with Gasteiger partial charge in [0.25, 0.3) is 0 Å². The molecule has 4 heteroatoms. The van der Waals surface area contributed by atoms with Crippen molar-refractivity contribution in [1.82, 2.24) is 15.1 Å². The highest BCUT2D eigenvalue weighted by Gasteiger charge is 2.14. The molecular formula is C12H21N3O. The summed E-state index contributed by atoms with van der Waals surface area (Å²) < 4.78 is 7.54. The molecular weight excluding hydrogens is 202 g/mol. The molecule has 1 aliphatic heterocycles.